The molecule has 27 heavy (non-hydrogen) atoms. The first-order valence-corrected chi connectivity index (χ1v) is 8.80. The Hall–Kier alpha value is -1.63. The van der Waals surface area contributed by atoms with Crippen LogP contribution in [0.3, 0.4) is 0 Å². The molecule has 2 aromatic rings. The van der Waals surface area contributed by atoms with Gasteiger partial charge in [-0.25, -0.2) is 0 Å². The largest absolute Gasteiger partial charge is 0.326 e. The molecule has 0 unspecified atom stereocenters. The van der Waals surface area contributed by atoms with Crippen molar-refractivity contribution in [2.75, 3.05) is 38.0 Å². The summed E-state index contributed by atoms with van der Waals surface area (Å²) in [5.41, 5.74) is 8.82. The molecule has 1 aliphatic rings. The first-order valence-electron chi connectivity index (χ1n) is 8.80. The number of nitrogens with two attached hydrogens (primary N) is 1. The SMILES string of the molecule is Cl.Cl.NCc1ccc(NC(=O)CN2CCN(Cc3ccccc3)CC2)cc1. The van der Waals surface area contributed by atoms with Crippen LogP contribution < -0.4 is 11.1 Å². The maximum absolute atomic E-state index is 12.2. The maximum atomic E-state index is 12.2. The number of halogens is 2. The molecule has 0 aliphatic carbocycles. The average molecular weight is 411 g/mol. The van der Waals surface area contributed by atoms with E-state index in [9.17, 15) is 4.79 Å². The minimum atomic E-state index is 0. The number of piperazine rings is 1. The van der Waals surface area contributed by atoms with Crippen molar-refractivity contribution in [3.05, 3.63) is 65.7 Å². The Kier molecular flexibility index (Phi) is 10.4. The minimum Gasteiger partial charge on any atom is -0.326 e. The van der Waals surface area contributed by atoms with Crippen LogP contribution in [0, 0.1) is 0 Å². The van der Waals surface area contributed by atoms with Gasteiger partial charge in [0.05, 0.1) is 6.54 Å². The number of rotatable bonds is 6. The number of carbonyl (C=O) groups is 1. The van der Waals surface area contributed by atoms with Crippen molar-refractivity contribution in [1.82, 2.24) is 9.80 Å². The van der Waals surface area contributed by atoms with Crippen molar-refractivity contribution >= 4 is 36.4 Å². The zero-order valence-corrected chi connectivity index (χ0v) is 17.0. The molecule has 2 aromatic carbocycles. The Labute approximate surface area is 173 Å². The molecule has 1 saturated heterocycles. The van der Waals surface area contributed by atoms with E-state index in [1.807, 2.05) is 30.3 Å². The Morgan fingerprint density at radius 2 is 1.44 bits per heavy atom. The summed E-state index contributed by atoms with van der Waals surface area (Å²) in [6.07, 6.45) is 0. The average Bonchev–Trinajstić information content (AvgIpc) is 2.65. The molecule has 7 heteroatoms. The fourth-order valence-corrected chi connectivity index (χ4v) is 3.07. The summed E-state index contributed by atoms with van der Waals surface area (Å²) in [5.74, 6) is 0.0389. The third-order valence-corrected chi connectivity index (χ3v) is 4.55. The standard InChI is InChI=1S/C20H26N4O.2ClH/c21-14-17-6-8-19(9-7-17)22-20(25)16-24-12-10-23(11-13-24)15-18-4-2-1-3-5-18;;/h1-9H,10-16,21H2,(H,22,25);2*1H. The highest BCUT2D eigenvalue weighted by atomic mass is 35.5. The highest BCUT2D eigenvalue weighted by molar-refractivity contribution is 5.92. The van der Waals surface area contributed by atoms with E-state index in [1.54, 1.807) is 0 Å². The fourth-order valence-electron chi connectivity index (χ4n) is 3.07. The molecule has 0 spiro atoms. The molecule has 0 aromatic heterocycles. The second-order valence-electron chi connectivity index (χ2n) is 6.49. The number of nitrogens with one attached hydrogen (secondary N) is 1. The highest BCUT2D eigenvalue weighted by Crippen LogP contribution is 2.11. The van der Waals surface area contributed by atoms with Crippen LogP contribution in [-0.4, -0.2) is 48.4 Å². The van der Waals surface area contributed by atoms with Gasteiger partial charge in [0, 0.05) is 45.0 Å². The predicted octanol–water partition coefficient (Wildman–Crippen LogP) is 2.75. The summed E-state index contributed by atoms with van der Waals surface area (Å²) in [6, 6.07) is 18.2. The number of carbonyl (C=O) groups excluding carboxylic acids is 1. The van der Waals surface area contributed by atoms with Crippen LogP contribution in [-0.2, 0) is 17.9 Å². The second kappa shape index (κ2) is 12.0. The van der Waals surface area contributed by atoms with Gasteiger partial charge in [0.2, 0.25) is 5.91 Å². The van der Waals surface area contributed by atoms with Gasteiger partial charge >= 0.3 is 0 Å². The molecule has 0 atom stereocenters. The van der Waals surface area contributed by atoms with Gasteiger partial charge in [-0.1, -0.05) is 42.5 Å². The molecule has 0 saturated carbocycles. The fraction of sp³-hybridized carbons (Fsp3) is 0.350. The number of benzene rings is 2. The lowest BCUT2D eigenvalue weighted by Gasteiger charge is -2.34. The zero-order valence-electron chi connectivity index (χ0n) is 15.3. The molecule has 1 fully saturated rings. The van der Waals surface area contributed by atoms with E-state index in [-0.39, 0.29) is 30.7 Å². The van der Waals surface area contributed by atoms with Crippen LogP contribution in [0.25, 0.3) is 0 Å². The van der Waals surface area contributed by atoms with Crippen LogP contribution >= 0.6 is 24.8 Å². The van der Waals surface area contributed by atoms with Crippen molar-refractivity contribution in [3.63, 3.8) is 0 Å². The summed E-state index contributed by atoms with van der Waals surface area (Å²) >= 11 is 0. The third-order valence-electron chi connectivity index (χ3n) is 4.55. The van der Waals surface area contributed by atoms with Gasteiger partial charge in [-0.15, -0.1) is 24.8 Å². The van der Waals surface area contributed by atoms with Crippen molar-refractivity contribution in [2.45, 2.75) is 13.1 Å². The molecule has 1 heterocycles. The first kappa shape index (κ1) is 23.4. The van der Waals surface area contributed by atoms with E-state index in [0.717, 1.165) is 44.0 Å². The second-order valence-corrected chi connectivity index (χ2v) is 6.49. The van der Waals surface area contributed by atoms with E-state index in [4.69, 9.17) is 5.73 Å². The molecule has 3 rings (SSSR count). The summed E-state index contributed by atoms with van der Waals surface area (Å²) in [5, 5.41) is 2.96. The lowest BCUT2D eigenvalue weighted by atomic mass is 10.2. The molecular formula is C20H28Cl2N4O. The van der Waals surface area contributed by atoms with E-state index >= 15 is 0 Å². The van der Waals surface area contributed by atoms with Crippen LogP contribution in [0.4, 0.5) is 5.69 Å². The maximum Gasteiger partial charge on any atom is 0.238 e. The summed E-state index contributed by atoms with van der Waals surface area (Å²) in [6.45, 7) is 5.77. The van der Waals surface area contributed by atoms with Crippen molar-refractivity contribution in [1.29, 1.82) is 0 Å². The number of nitrogens with zero attached hydrogens (tertiary/aromatic N) is 2. The van der Waals surface area contributed by atoms with E-state index in [2.05, 4.69) is 39.4 Å². The normalized spacial score (nSPS) is 14.7. The first-order chi connectivity index (χ1) is 12.2. The quantitative estimate of drug-likeness (QED) is 0.768. The Bertz CT molecular complexity index is 674. The zero-order chi connectivity index (χ0) is 17.5. The lowest BCUT2D eigenvalue weighted by molar-refractivity contribution is -0.117. The van der Waals surface area contributed by atoms with Gasteiger partial charge in [0.15, 0.2) is 0 Å². The van der Waals surface area contributed by atoms with Crippen LogP contribution in [0.5, 0.6) is 0 Å². The van der Waals surface area contributed by atoms with E-state index in [0.29, 0.717) is 13.1 Å². The molecule has 148 valence electrons. The predicted molar refractivity (Wildman–Crippen MR) is 116 cm³/mol. The summed E-state index contributed by atoms with van der Waals surface area (Å²) in [7, 11) is 0. The Balaban J connectivity index is 0.00000182. The topological polar surface area (TPSA) is 61.6 Å². The monoisotopic (exact) mass is 410 g/mol. The number of hydrogen-bond donors (Lipinski definition) is 2. The van der Waals surface area contributed by atoms with E-state index < -0.39 is 0 Å². The molecule has 0 radical (unpaired) electrons. The molecule has 1 amide bonds. The third kappa shape index (κ3) is 7.48. The lowest BCUT2D eigenvalue weighted by Crippen LogP contribution is -2.48. The number of anilines is 1. The van der Waals surface area contributed by atoms with Gasteiger partial charge in [-0.2, -0.15) is 0 Å². The summed E-state index contributed by atoms with van der Waals surface area (Å²) in [4.78, 5) is 16.9. The Morgan fingerprint density at radius 3 is 2.04 bits per heavy atom. The van der Waals surface area contributed by atoms with Crippen LogP contribution in [0.1, 0.15) is 11.1 Å². The van der Waals surface area contributed by atoms with Crippen molar-refractivity contribution in [2.24, 2.45) is 5.73 Å². The van der Waals surface area contributed by atoms with Gasteiger partial charge in [-0.3, -0.25) is 14.6 Å². The molecular weight excluding hydrogens is 383 g/mol. The number of hydrogen-bond acceptors (Lipinski definition) is 4. The molecule has 1 aliphatic heterocycles. The highest BCUT2D eigenvalue weighted by Gasteiger charge is 2.19. The van der Waals surface area contributed by atoms with Gasteiger partial charge in [-0.05, 0) is 23.3 Å². The van der Waals surface area contributed by atoms with Crippen molar-refractivity contribution in [3.8, 4) is 0 Å². The Morgan fingerprint density at radius 1 is 0.852 bits per heavy atom. The van der Waals surface area contributed by atoms with Gasteiger partial charge < -0.3 is 11.1 Å². The molecule has 3 N–H and O–H groups in total. The van der Waals surface area contributed by atoms with Gasteiger partial charge in [0.25, 0.3) is 0 Å². The molecule has 0 bridgehead atoms. The van der Waals surface area contributed by atoms with Gasteiger partial charge in [0.1, 0.15) is 0 Å². The minimum absolute atomic E-state index is 0. The van der Waals surface area contributed by atoms with E-state index in [1.165, 1.54) is 5.56 Å². The number of amides is 1. The molecule has 5 nitrogen and oxygen atoms in total. The van der Waals surface area contributed by atoms with Crippen molar-refractivity contribution < 1.29 is 4.79 Å². The van der Waals surface area contributed by atoms with Crippen LogP contribution in [0.15, 0.2) is 54.6 Å². The summed E-state index contributed by atoms with van der Waals surface area (Å²) < 4.78 is 0. The van der Waals surface area contributed by atoms with Crippen LogP contribution in [0.2, 0.25) is 0 Å². The smallest absolute Gasteiger partial charge is 0.238 e.